The molecule has 7 heteroatoms. The lowest BCUT2D eigenvalue weighted by Gasteiger charge is -2.28. The molecule has 0 radical (unpaired) electrons. The van der Waals surface area contributed by atoms with E-state index in [0.29, 0.717) is 0 Å². The highest BCUT2D eigenvalue weighted by molar-refractivity contribution is 7.59. The summed E-state index contributed by atoms with van der Waals surface area (Å²) >= 11 is 5.94. The normalized spacial score (nSPS) is 15.6. The monoisotopic (exact) mass is 272 g/mol. The van der Waals surface area contributed by atoms with Crippen molar-refractivity contribution in [3.05, 3.63) is 0 Å². The quantitative estimate of drug-likeness (QED) is 0.405. The van der Waals surface area contributed by atoms with Crippen molar-refractivity contribution >= 4 is 25.2 Å². The van der Waals surface area contributed by atoms with E-state index in [9.17, 15) is 9.36 Å². The molecule has 0 aromatic rings. The summed E-state index contributed by atoms with van der Waals surface area (Å²) in [6.07, 6.45) is 0. The van der Waals surface area contributed by atoms with Crippen LogP contribution >= 0.6 is 19.2 Å². The van der Waals surface area contributed by atoms with Crippen molar-refractivity contribution in [2.24, 2.45) is 0 Å². The van der Waals surface area contributed by atoms with Gasteiger partial charge in [0.15, 0.2) is 0 Å². The minimum absolute atomic E-state index is 0.138. The highest BCUT2D eigenvalue weighted by Gasteiger charge is 2.53. The second-order valence-electron chi connectivity index (χ2n) is 3.01. The first-order chi connectivity index (χ1) is 7.35. The molecule has 0 aliphatic rings. The molecule has 0 saturated carbocycles. The molecular formula is C9H18ClO5P. The van der Waals surface area contributed by atoms with Crippen molar-refractivity contribution in [1.29, 1.82) is 0 Å². The topological polar surface area (TPSA) is 61.8 Å². The molecule has 0 heterocycles. The average Bonchev–Trinajstić information content (AvgIpc) is 2.18. The van der Waals surface area contributed by atoms with Gasteiger partial charge in [-0.15, -0.1) is 0 Å². The number of rotatable bonds is 7. The van der Waals surface area contributed by atoms with E-state index >= 15 is 0 Å². The van der Waals surface area contributed by atoms with Crippen molar-refractivity contribution < 1.29 is 23.1 Å². The molecule has 0 aliphatic heterocycles. The molecule has 0 aromatic carbocycles. The molecule has 0 N–H and O–H groups in total. The van der Waals surface area contributed by atoms with Gasteiger partial charge in [-0.2, -0.15) is 0 Å². The molecule has 1 atom stereocenters. The molecule has 0 saturated heterocycles. The minimum Gasteiger partial charge on any atom is -0.464 e. The Bertz CT molecular complexity index is 269. The fraction of sp³-hybridized carbons (Fsp3) is 0.889. The van der Waals surface area contributed by atoms with Gasteiger partial charge in [-0.3, -0.25) is 4.57 Å². The molecule has 0 aromatic heterocycles. The molecule has 0 fully saturated rings. The lowest BCUT2D eigenvalue weighted by atomic mass is 10.5. The van der Waals surface area contributed by atoms with Crippen LogP contribution in [0.1, 0.15) is 27.7 Å². The van der Waals surface area contributed by atoms with Crippen LogP contribution in [0.2, 0.25) is 0 Å². The summed E-state index contributed by atoms with van der Waals surface area (Å²) in [7, 11) is -3.72. The number of alkyl halides is 1. The van der Waals surface area contributed by atoms with Gasteiger partial charge in [0, 0.05) is 0 Å². The first-order valence-electron chi connectivity index (χ1n) is 5.11. The van der Waals surface area contributed by atoms with Crippen LogP contribution in [0.15, 0.2) is 0 Å². The highest BCUT2D eigenvalue weighted by atomic mass is 35.5. The van der Waals surface area contributed by atoms with E-state index in [4.69, 9.17) is 25.4 Å². The third kappa shape index (κ3) is 3.45. The number of hydrogen-bond acceptors (Lipinski definition) is 5. The molecule has 0 bridgehead atoms. The average molecular weight is 273 g/mol. The second kappa shape index (κ2) is 6.60. The smallest absolute Gasteiger partial charge is 0.362 e. The van der Waals surface area contributed by atoms with Crippen LogP contribution in [-0.2, 0) is 23.1 Å². The van der Waals surface area contributed by atoms with Gasteiger partial charge < -0.3 is 13.8 Å². The molecule has 0 rings (SSSR count). The van der Waals surface area contributed by atoms with Gasteiger partial charge in [0.25, 0.3) is 0 Å². The fourth-order valence-electron chi connectivity index (χ4n) is 0.994. The Morgan fingerprint density at radius 1 is 1.19 bits per heavy atom. The van der Waals surface area contributed by atoms with E-state index < -0.39 is 18.2 Å². The molecule has 0 amide bonds. The molecule has 0 spiro atoms. The van der Waals surface area contributed by atoms with Crippen molar-refractivity contribution in [3.63, 3.8) is 0 Å². The van der Waals surface area contributed by atoms with Crippen LogP contribution in [0, 0.1) is 0 Å². The summed E-state index contributed by atoms with van der Waals surface area (Å²) in [6, 6.07) is 0. The SMILES string of the molecule is CCOC(=O)C(C)(Cl)P(=O)(OCC)OCC. The number of carbonyl (C=O) groups is 1. The molecule has 96 valence electrons. The van der Waals surface area contributed by atoms with Crippen molar-refractivity contribution in [2.45, 2.75) is 32.3 Å². The third-order valence-electron chi connectivity index (χ3n) is 1.76. The summed E-state index contributed by atoms with van der Waals surface area (Å²) in [5.74, 6) is -0.804. The summed E-state index contributed by atoms with van der Waals surface area (Å²) in [4.78, 5) is 11.6. The Morgan fingerprint density at radius 3 is 1.94 bits per heavy atom. The van der Waals surface area contributed by atoms with Crippen LogP contribution in [0.4, 0.5) is 0 Å². The summed E-state index contributed by atoms with van der Waals surface area (Å²) in [5.41, 5.74) is 0. The number of halogens is 1. The largest absolute Gasteiger partial charge is 0.464 e. The molecule has 16 heavy (non-hydrogen) atoms. The Labute approximate surface area is 101 Å². The molecular weight excluding hydrogens is 255 g/mol. The lowest BCUT2D eigenvalue weighted by molar-refractivity contribution is -0.144. The third-order valence-corrected chi connectivity index (χ3v) is 4.94. The predicted octanol–water partition coefficient (Wildman–Crippen LogP) is 2.77. The zero-order chi connectivity index (χ0) is 12.8. The van der Waals surface area contributed by atoms with E-state index in [2.05, 4.69) is 0 Å². The van der Waals surface area contributed by atoms with E-state index in [1.54, 1.807) is 20.8 Å². The van der Waals surface area contributed by atoms with Gasteiger partial charge in [0.2, 0.25) is 4.62 Å². The van der Waals surface area contributed by atoms with Gasteiger partial charge >= 0.3 is 13.6 Å². The van der Waals surface area contributed by atoms with Crippen LogP contribution in [0.25, 0.3) is 0 Å². The summed E-state index contributed by atoms with van der Waals surface area (Å²) in [6.45, 7) is 6.63. The first-order valence-corrected chi connectivity index (χ1v) is 7.03. The Hall–Kier alpha value is -0.0900. The van der Waals surface area contributed by atoms with Gasteiger partial charge in [-0.1, -0.05) is 11.6 Å². The maximum atomic E-state index is 12.3. The molecule has 0 aliphatic carbocycles. The first kappa shape index (κ1) is 15.9. The van der Waals surface area contributed by atoms with Crippen LogP contribution in [0.5, 0.6) is 0 Å². The minimum atomic E-state index is -3.72. The van der Waals surface area contributed by atoms with E-state index in [1.165, 1.54) is 6.92 Å². The predicted molar refractivity (Wildman–Crippen MR) is 61.7 cm³/mol. The van der Waals surface area contributed by atoms with Gasteiger partial charge in [0.1, 0.15) is 0 Å². The number of esters is 1. The number of carbonyl (C=O) groups excluding carboxylic acids is 1. The van der Waals surface area contributed by atoms with Crippen molar-refractivity contribution in [3.8, 4) is 0 Å². The van der Waals surface area contributed by atoms with Crippen molar-refractivity contribution in [1.82, 2.24) is 0 Å². The second-order valence-corrected chi connectivity index (χ2v) is 6.43. The van der Waals surface area contributed by atoms with E-state index in [1.807, 2.05) is 0 Å². The van der Waals surface area contributed by atoms with Crippen molar-refractivity contribution in [2.75, 3.05) is 19.8 Å². The Morgan fingerprint density at radius 2 is 1.62 bits per heavy atom. The van der Waals surface area contributed by atoms with E-state index in [-0.39, 0.29) is 19.8 Å². The van der Waals surface area contributed by atoms with E-state index in [0.717, 1.165) is 0 Å². The zero-order valence-electron chi connectivity index (χ0n) is 9.99. The summed E-state index contributed by atoms with van der Waals surface area (Å²) < 4.78 is 25.2. The summed E-state index contributed by atoms with van der Waals surface area (Å²) in [5, 5.41) is 0. The maximum Gasteiger partial charge on any atom is 0.362 e. The van der Waals surface area contributed by atoms with Crippen LogP contribution < -0.4 is 0 Å². The standard InChI is InChI=1S/C9H18ClO5P/c1-5-13-8(11)9(4,10)16(12,14-6-2)15-7-3/h5-7H2,1-4H3. The van der Waals surface area contributed by atoms with Gasteiger partial charge in [-0.25, -0.2) is 4.79 Å². The number of hydrogen-bond donors (Lipinski definition) is 0. The molecule has 5 nitrogen and oxygen atoms in total. The Kier molecular flexibility index (Phi) is 6.56. The zero-order valence-corrected chi connectivity index (χ0v) is 11.6. The van der Waals surface area contributed by atoms with Crippen LogP contribution in [0.3, 0.4) is 0 Å². The molecule has 1 unspecified atom stereocenters. The van der Waals surface area contributed by atoms with Gasteiger partial charge in [-0.05, 0) is 27.7 Å². The number of ether oxygens (including phenoxy) is 1. The lowest BCUT2D eigenvalue weighted by Crippen LogP contribution is -2.32. The maximum absolute atomic E-state index is 12.3. The van der Waals surface area contributed by atoms with Crippen LogP contribution in [-0.4, -0.2) is 30.4 Å². The Balaban J connectivity index is 5.02. The van der Waals surface area contributed by atoms with Gasteiger partial charge in [0.05, 0.1) is 19.8 Å². The highest BCUT2D eigenvalue weighted by Crippen LogP contribution is 2.62. The fourth-order valence-corrected chi connectivity index (χ4v) is 2.87.